The molecule has 0 aliphatic rings. The van der Waals surface area contributed by atoms with Crippen molar-refractivity contribution in [1.82, 2.24) is 24.1 Å². The predicted octanol–water partition coefficient (Wildman–Crippen LogP) is 23.0. The van der Waals surface area contributed by atoms with E-state index in [4.69, 9.17) is 21.5 Å². The summed E-state index contributed by atoms with van der Waals surface area (Å²) in [5.41, 5.74) is 24.3. The Hall–Kier alpha value is -13.8. The van der Waals surface area contributed by atoms with Gasteiger partial charge in [-0.15, -0.1) is 0 Å². The third-order valence-electron chi connectivity index (χ3n) is 18.7. The lowest BCUT2D eigenvalue weighted by Gasteiger charge is -2.17. The lowest BCUT2D eigenvalue weighted by molar-refractivity contribution is 1.07. The highest BCUT2D eigenvalue weighted by molar-refractivity contribution is 6.13. The summed E-state index contributed by atoms with van der Waals surface area (Å²) < 4.78 is 4.69. The first-order valence-corrected chi connectivity index (χ1v) is 32.4. The second kappa shape index (κ2) is 24.6. The fourth-order valence-corrected chi connectivity index (χ4v) is 13.8. The van der Waals surface area contributed by atoms with E-state index in [9.17, 15) is 10.5 Å². The number of hydrogen-bond donors (Lipinski definition) is 0. The van der Waals surface area contributed by atoms with Crippen LogP contribution in [0.15, 0.2) is 328 Å². The average molecular weight is 1250 g/mol. The molecule has 0 unspecified atom stereocenters. The summed E-state index contributed by atoms with van der Waals surface area (Å²) in [6.45, 7) is 7.98. The van der Waals surface area contributed by atoms with Gasteiger partial charge in [-0.2, -0.15) is 10.5 Å². The number of aromatic nitrogens is 5. The van der Waals surface area contributed by atoms with Crippen molar-refractivity contribution in [1.29, 1.82) is 10.5 Å². The standard InChI is InChI=1S/C90H54N8/c1-93-73-39-33-66(34-40-73)79-55-75(98-86-47-37-70(62-19-10-4-11-20-62)52-82(86)83-53-71(38-48-87(83)98)63-21-12-5-13-22-63)42-44-77(79)90-95-88(72-24-14-23-67(49-72)64-29-25-58(56-91)26-30-64)94-89(96-90)76-43-41-74(54-78(76)65-31-27-59(57-92)28-32-65)97-84-45-35-68(60-15-6-2-7-16-60)50-80(84)81-51-69(36-46-85(81)97)61-17-8-3-9-18-61/h2-55H. The van der Waals surface area contributed by atoms with Crippen molar-refractivity contribution < 1.29 is 0 Å². The molecule has 0 atom stereocenters. The number of nitrogens with zero attached hydrogens (tertiary/aromatic N) is 8. The zero-order chi connectivity index (χ0) is 65.6. The van der Waals surface area contributed by atoms with Gasteiger partial charge in [0.05, 0.1) is 51.9 Å². The first-order chi connectivity index (χ1) is 48.4. The Balaban J connectivity index is 0.892. The molecule has 0 fully saturated rings. The highest BCUT2D eigenvalue weighted by Gasteiger charge is 2.24. The molecule has 0 spiro atoms. The molecule has 17 aromatic rings. The molecule has 0 saturated carbocycles. The van der Waals surface area contributed by atoms with Crippen LogP contribution in [0.25, 0.3) is 172 Å². The van der Waals surface area contributed by atoms with Crippen molar-refractivity contribution in [3.8, 4) is 136 Å². The van der Waals surface area contributed by atoms with Crippen LogP contribution in [-0.2, 0) is 0 Å². The number of hydrogen-bond acceptors (Lipinski definition) is 5. The van der Waals surface area contributed by atoms with E-state index in [1.807, 2.05) is 109 Å². The molecule has 0 amide bonds. The maximum absolute atomic E-state index is 10.2. The molecule has 98 heavy (non-hydrogen) atoms. The van der Waals surface area contributed by atoms with Crippen LogP contribution in [-0.4, -0.2) is 24.1 Å². The molecule has 8 nitrogen and oxygen atoms in total. The first-order valence-electron chi connectivity index (χ1n) is 32.4. The summed E-state index contributed by atoms with van der Waals surface area (Å²) >= 11 is 0. The maximum atomic E-state index is 10.2. The Kier molecular flexibility index (Phi) is 14.5. The summed E-state index contributed by atoms with van der Waals surface area (Å²) in [5, 5.41) is 24.4. The number of rotatable bonds is 12. The summed E-state index contributed by atoms with van der Waals surface area (Å²) in [5.74, 6) is 1.32. The van der Waals surface area contributed by atoms with E-state index in [1.54, 1.807) is 0 Å². The summed E-state index contributed by atoms with van der Waals surface area (Å²) in [6, 6.07) is 118. The highest BCUT2D eigenvalue weighted by Crippen LogP contribution is 2.44. The topological polar surface area (TPSA) is 100 Å². The van der Waals surface area contributed by atoms with Gasteiger partial charge in [0, 0.05) is 49.6 Å². The van der Waals surface area contributed by atoms with Crippen LogP contribution in [0.4, 0.5) is 5.69 Å². The molecule has 17 rings (SSSR count). The molecule has 0 aliphatic heterocycles. The van der Waals surface area contributed by atoms with Gasteiger partial charge >= 0.3 is 0 Å². The minimum Gasteiger partial charge on any atom is -0.309 e. The van der Waals surface area contributed by atoms with Crippen molar-refractivity contribution >= 4 is 49.3 Å². The van der Waals surface area contributed by atoms with Gasteiger partial charge in [0.25, 0.3) is 0 Å². The van der Waals surface area contributed by atoms with Crippen LogP contribution in [0.3, 0.4) is 0 Å². The number of fused-ring (bicyclic) bond motifs is 6. The van der Waals surface area contributed by atoms with E-state index in [0.29, 0.717) is 34.3 Å². The van der Waals surface area contributed by atoms with E-state index < -0.39 is 0 Å². The predicted molar refractivity (Wildman–Crippen MR) is 399 cm³/mol. The molecular weight excluding hydrogens is 1190 g/mol. The average Bonchev–Trinajstić information content (AvgIpc) is 1.48. The first kappa shape index (κ1) is 58.0. The van der Waals surface area contributed by atoms with E-state index in [1.165, 1.54) is 0 Å². The van der Waals surface area contributed by atoms with Crippen LogP contribution < -0.4 is 0 Å². The zero-order valence-corrected chi connectivity index (χ0v) is 52.8. The van der Waals surface area contributed by atoms with Gasteiger partial charge in [0.1, 0.15) is 0 Å². The SMILES string of the molecule is [C-]#[N+]c1ccc(-c2cc(-n3c4ccc(-c5ccccc5)cc4c4cc(-c5ccccc5)ccc43)ccc2-c2nc(-c3cccc(-c4ccc(C#N)cc4)c3)nc(-c3ccc(-n4c5ccc(-c6ccccc6)cc5c5cc(-c6ccccc6)ccc54)cc3-c3ccc(C#N)cc3)n2)cc1. The molecule has 0 N–H and O–H groups in total. The molecule has 8 heteroatoms. The van der Waals surface area contributed by atoms with Gasteiger partial charge in [-0.25, -0.2) is 19.8 Å². The lowest BCUT2D eigenvalue weighted by Crippen LogP contribution is -2.03. The Morgan fingerprint density at radius 3 is 0.929 bits per heavy atom. The van der Waals surface area contributed by atoms with Gasteiger partial charge in [0.2, 0.25) is 0 Å². The van der Waals surface area contributed by atoms with Crippen molar-refractivity contribution in [3.05, 3.63) is 350 Å². The smallest absolute Gasteiger partial charge is 0.187 e. The van der Waals surface area contributed by atoms with E-state index in [-0.39, 0.29) is 0 Å². The van der Waals surface area contributed by atoms with Crippen LogP contribution in [0.5, 0.6) is 0 Å². The van der Waals surface area contributed by atoms with Gasteiger partial charge < -0.3 is 9.13 Å². The molecule has 3 aromatic heterocycles. The second-order valence-corrected chi connectivity index (χ2v) is 24.4. The maximum Gasteiger partial charge on any atom is 0.187 e. The second-order valence-electron chi connectivity index (χ2n) is 24.4. The number of nitriles is 2. The normalized spacial score (nSPS) is 11.2. The molecule has 0 aliphatic carbocycles. The van der Waals surface area contributed by atoms with Crippen molar-refractivity contribution in [2.75, 3.05) is 0 Å². The van der Waals surface area contributed by atoms with Gasteiger partial charge in [-0.3, -0.25) is 0 Å². The van der Waals surface area contributed by atoms with E-state index in [2.05, 4.69) is 245 Å². The monoisotopic (exact) mass is 1250 g/mol. The molecule has 0 bridgehead atoms. The fraction of sp³-hybridized carbons (Fsp3) is 0. The van der Waals surface area contributed by atoms with Crippen molar-refractivity contribution in [2.24, 2.45) is 0 Å². The summed E-state index contributed by atoms with van der Waals surface area (Å²) in [6.07, 6.45) is 0. The van der Waals surface area contributed by atoms with Crippen LogP contribution in [0.1, 0.15) is 11.1 Å². The molecular formula is C90H54N8. The fourth-order valence-electron chi connectivity index (χ4n) is 13.8. The Morgan fingerprint density at radius 2 is 0.561 bits per heavy atom. The molecule has 14 aromatic carbocycles. The third kappa shape index (κ3) is 10.6. The van der Waals surface area contributed by atoms with Crippen molar-refractivity contribution in [3.63, 3.8) is 0 Å². The summed E-state index contributed by atoms with van der Waals surface area (Å²) in [4.78, 5) is 20.4. The molecule has 3 heterocycles. The third-order valence-corrected chi connectivity index (χ3v) is 18.7. The molecule has 0 radical (unpaired) electrons. The van der Waals surface area contributed by atoms with Gasteiger partial charge in [-0.1, -0.05) is 212 Å². The van der Waals surface area contributed by atoms with Crippen LogP contribution in [0.2, 0.25) is 0 Å². The van der Waals surface area contributed by atoms with Crippen LogP contribution in [0, 0.1) is 29.2 Å². The Bertz CT molecular complexity index is 5580. The number of benzene rings is 14. The lowest BCUT2D eigenvalue weighted by atomic mass is 9.96. The molecule has 454 valence electrons. The van der Waals surface area contributed by atoms with Crippen LogP contribution >= 0.6 is 0 Å². The Labute approximate surface area is 566 Å². The summed E-state index contributed by atoms with van der Waals surface area (Å²) in [7, 11) is 0. The van der Waals surface area contributed by atoms with Crippen molar-refractivity contribution in [2.45, 2.75) is 0 Å². The quantitative estimate of drug-likeness (QED) is 0.113. The molecule has 0 saturated heterocycles. The minimum atomic E-state index is 0.436. The Morgan fingerprint density at radius 1 is 0.255 bits per heavy atom. The van der Waals surface area contributed by atoms with Gasteiger partial charge in [-0.05, 0) is 193 Å². The minimum absolute atomic E-state index is 0.436. The zero-order valence-electron chi connectivity index (χ0n) is 52.8. The largest absolute Gasteiger partial charge is 0.309 e. The van der Waals surface area contributed by atoms with E-state index in [0.717, 1.165) is 150 Å². The van der Waals surface area contributed by atoms with E-state index >= 15 is 0 Å². The highest BCUT2D eigenvalue weighted by atomic mass is 15.0. The van der Waals surface area contributed by atoms with Gasteiger partial charge in [0.15, 0.2) is 23.2 Å².